The Kier molecular flexibility index (Phi) is 3.39. The molecule has 2 aromatic heterocycles. The van der Waals surface area contributed by atoms with Gasteiger partial charge in [0.1, 0.15) is 17.2 Å². The van der Waals surface area contributed by atoms with E-state index in [-0.39, 0.29) is 17.4 Å². The summed E-state index contributed by atoms with van der Waals surface area (Å²) in [6, 6.07) is 10.5. The summed E-state index contributed by atoms with van der Waals surface area (Å²) in [7, 11) is 0. The minimum Gasteiger partial charge on any atom is -0.321 e. The molecule has 1 N–H and O–H groups in total. The monoisotopic (exact) mass is 283 g/mol. The van der Waals surface area contributed by atoms with E-state index >= 15 is 0 Å². The number of hydrogen-bond donors (Lipinski definition) is 1. The van der Waals surface area contributed by atoms with Crippen molar-refractivity contribution in [3.63, 3.8) is 0 Å². The van der Waals surface area contributed by atoms with E-state index in [9.17, 15) is 9.18 Å². The average Bonchev–Trinajstić information content (AvgIpc) is 2.91. The molecule has 0 radical (unpaired) electrons. The number of carbonyl (C=O) groups is 1. The van der Waals surface area contributed by atoms with Gasteiger partial charge in [-0.1, -0.05) is 19.1 Å². The van der Waals surface area contributed by atoms with Crippen LogP contribution < -0.4 is 5.32 Å². The minimum absolute atomic E-state index is 0.250. The maximum atomic E-state index is 13.1. The first-order valence-electron chi connectivity index (χ1n) is 6.70. The molecule has 0 unspecified atom stereocenters. The third-order valence-corrected chi connectivity index (χ3v) is 3.27. The van der Waals surface area contributed by atoms with E-state index in [2.05, 4.69) is 17.2 Å². The molecule has 0 aliphatic heterocycles. The molecular formula is C16H14FN3O. The molecule has 2 heterocycles. The fourth-order valence-corrected chi connectivity index (χ4v) is 2.09. The number of anilines is 1. The molecule has 0 atom stereocenters. The van der Waals surface area contributed by atoms with Gasteiger partial charge in [-0.25, -0.2) is 9.37 Å². The molecule has 3 rings (SSSR count). The van der Waals surface area contributed by atoms with Gasteiger partial charge in [0.05, 0.1) is 0 Å². The molecule has 1 amide bonds. The van der Waals surface area contributed by atoms with Crippen molar-refractivity contribution < 1.29 is 9.18 Å². The van der Waals surface area contributed by atoms with Crippen LogP contribution in [0.25, 0.3) is 5.65 Å². The zero-order valence-electron chi connectivity index (χ0n) is 11.5. The lowest BCUT2D eigenvalue weighted by atomic mass is 10.1. The molecule has 106 valence electrons. The summed E-state index contributed by atoms with van der Waals surface area (Å²) < 4.78 is 14.6. The van der Waals surface area contributed by atoms with Crippen LogP contribution in [0.5, 0.6) is 0 Å². The van der Waals surface area contributed by atoms with Crippen LogP contribution in [0.4, 0.5) is 10.1 Å². The highest BCUT2D eigenvalue weighted by molar-refractivity contribution is 6.03. The molecule has 21 heavy (non-hydrogen) atoms. The number of aromatic nitrogens is 2. The van der Waals surface area contributed by atoms with Crippen LogP contribution >= 0.6 is 0 Å². The summed E-state index contributed by atoms with van der Waals surface area (Å²) in [4.78, 5) is 16.3. The van der Waals surface area contributed by atoms with Gasteiger partial charge in [0, 0.05) is 18.1 Å². The molecule has 0 aliphatic carbocycles. The van der Waals surface area contributed by atoms with E-state index < -0.39 is 0 Å². The first-order chi connectivity index (χ1) is 10.2. The fourth-order valence-electron chi connectivity index (χ4n) is 2.09. The molecule has 1 aromatic carbocycles. The quantitative estimate of drug-likeness (QED) is 0.801. The Balaban J connectivity index is 1.82. The summed E-state index contributed by atoms with van der Waals surface area (Å²) in [6.45, 7) is 2.07. The summed E-state index contributed by atoms with van der Waals surface area (Å²) in [5.74, 6) is -0.689. The van der Waals surface area contributed by atoms with E-state index in [4.69, 9.17) is 0 Å². The highest BCUT2D eigenvalue weighted by Gasteiger charge is 2.11. The lowest BCUT2D eigenvalue weighted by Crippen LogP contribution is -2.12. The van der Waals surface area contributed by atoms with Crippen molar-refractivity contribution in [2.24, 2.45) is 0 Å². The normalized spacial score (nSPS) is 10.8. The summed E-state index contributed by atoms with van der Waals surface area (Å²) in [5, 5.41) is 2.78. The van der Waals surface area contributed by atoms with Crippen molar-refractivity contribution in [3.05, 3.63) is 65.9 Å². The predicted molar refractivity (Wildman–Crippen MR) is 78.9 cm³/mol. The Bertz CT molecular complexity index is 793. The van der Waals surface area contributed by atoms with Gasteiger partial charge in [-0.15, -0.1) is 0 Å². The summed E-state index contributed by atoms with van der Waals surface area (Å²) in [6.07, 6.45) is 3.75. The van der Waals surface area contributed by atoms with Crippen molar-refractivity contribution in [1.82, 2.24) is 9.38 Å². The number of amides is 1. The maximum absolute atomic E-state index is 13.1. The van der Waals surface area contributed by atoms with Crippen molar-refractivity contribution in [1.29, 1.82) is 0 Å². The van der Waals surface area contributed by atoms with Gasteiger partial charge in [0.15, 0.2) is 0 Å². The van der Waals surface area contributed by atoms with Gasteiger partial charge in [-0.3, -0.25) is 4.79 Å². The first kappa shape index (κ1) is 13.3. The molecule has 4 nitrogen and oxygen atoms in total. The van der Waals surface area contributed by atoms with Crippen LogP contribution in [-0.2, 0) is 6.42 Å². The Morgan fingerprint density at radius 2 is 1.95 bits per heavy atom. The van der Waals surface area contributed by atoms with Crippen LogP contribution in [0.1, 0.15) is 23.0 Å². The number of pyridine rings is 1. The molecule has 0 saturated carbocycles. The van der Waals surface area contributed by atoms with Gasteiger partial charge in [0.2, 0.25) is 0 Å². The SMILES string of the molecule is CCc1ccc(NC(=O)c2cn3cc(F)ccc3n2)cc1. The zero-order valence-corrected chi connectivity index (χ0v) is 11.5. The number of carbonyl (C=O) groups excluding carboxylic acids is 1. The van der Waals surface area contributed by atoms with Gasteiger partial charge in [0.25, 0.3) is 5.91 Å². The number of halogens is 1. The Morgan fingerprint density at radius 1 is 1.19 bits per heavy atom. The van der Waals surface area contributed by atoms with Crippen molar-refractivity contribution >= 4 is 17.2 Å². The van der Waals surface area contributed by atoms with Crippen molar-refractivity contribution in [2.75, 3.05) is 5.32 Å². The van der Waals surface area contributed by atoms with Gasteiger partial charge in [-0.2, -0.15) is 0 Å². The molecule has 0 aliphatic rings. The van der Waals surface area contributed by atoms with E-state index in [0.29, 0.717) is 11.3 Å². The largest absolute Gasteiger partial charge is 0.321 e. The lowest BCUT2D eigenvalue weighted by Gasteiger charge is -2.03. The second kappa shape index (κ2) is 5.36. The smallest absolute Gasteiger partial charge is 0.275 e. The molecule has 5 heteroatoms. The number of benzene rings is 1. The molecule has 3 aromatic rings. The Labute approximate surface area is 121 Å². The predicted octanol–water partition coefficient (Wildman–Crippen LogP) is 3.29. The summed E-state index contributed by atoms with van der Waals surface area (Å²) in [5.41, 5.74) is 2.69. The third-order valence-electron chi connectivity index (χ3n) is 3.27. The minimum atomic E-state index is -0.373. The number of fused-ring (bicyclic) bond motifs is 1. The van der Waals surface area contributed by atoms with Crippen LogP contribution in [0.15, 0.2) is 48.8 Å². The molecule has 0 bridgehead atoms. The topological polar surface area (TPSA) is 46.4 Å². The van der Waals surface area contributed by atoms with E-state index in [1.807, 2.05) is 24.3 Å². The fraction of sp³-hybridized carbons (Fsp3) is 0.125. The Hall–Kier alpha value is -2.69. The standard InChI is InChI=1S/C16H14FN3O/c1-2-11-3-6-13(7-4-11)18-16(21)14-10-20-9-12(17)5-8-15(20)19-14/h3-10H,2H2,1H3,(H,18,21). The van der Waals surface area contributed by atoms with Gasteiger partial charge >= 0.3 is 0 Å². The van der Waals surface area contributed by atoms with Gasteiger partial charge < -0.3 is 9.72 Å². The number of nitrogens with zero attached hydrogens (tertiary/aromatic N) is 2. The van der Waals surface area contributed by atoms with Crippen molar-refractivity contribution in [3.8, 4) is 0 Å². The summed E-state index contributed by atoms with van der Waals surface area (Å²) >= 11 is 0. The van der Waals surface area contributed by atoms with Crippen LogP contribution in [-0.4, -0.2) is 15.3 Å². The number of nitrogens with one attached hydrogen (secondary N) is 1. The average molecular weight is 283 g/mol. The molecule has 0 saturated heterocycles. The van der Waals surface area contributed by atoms with Crippen molar-refractivity contribution in [2.45, 2.75) is 13.3 Å². The second-order valence-electron chi connectivity index (χ2n) is 4.74. The first-order valence-corrected chi connectivity index (χ1v) is 6.70. The van der Waals surface area contributed by atoms with Crippen LogP contribution in [0.2, 0.25) is 0 Å². The van der Waals surface area contributed by atoms with Crippen LogP contribution in [0, 0.1) is 5.82 Å². The third kappa shape index (κ3) is 2.76. The second-order valence-corrected chi connectivity index (χ2v) is 4.74. The van der Waals surface area contributed by atoms with E-state index in [1.54, 1.807) is 0 Å². The highest BCUT2D eigenvalue weighted by atomic mass is 19.1. The van der Waals surface area contributed by atoms with Crippen LogP contribution in [0.3, 0.4) is 0 Å². The highest BCUT2D eigenvalue weighted by Crippen LogP contribution is 2.12. The van der Waals surface area contributed by atoms with E-state index in [1.165, 1.54) is 34.5 Å². The molecule has 0 spiro atoms. The maximum Gasteiger partial charge on any atom is 0.275 e. The number of imidazole rings is 1. The van der Waals surface area contributed by atoms with E-state index in [0.717, 1.165) is 6.42 Å². The Morgan fingerprint density at radius 3 is 2.67 bits per heavy atom. The number of aryl methyl sites for hydroxylation is 1. The lowest BCUT2D eigenvalue weighted by molar-refractivity contribution is 0.102. The number of rotatable bonds is 3. The zero-order chi connectivity index (χ0) is 14.8. The molecular weight excluding hydrogens is 269 g/mol. The van der Waals surface area contributed by atoms with Gasteiger partial charge in [-0.05, 0) is 36.2 Å². The molecule has 0 fully saturated rings. The number of hydrogen-bond acceptors (Lipinski definition) is 2.